The van der Waals surface area contributed by atoms with Crippen LogP contribution in [0.2, 0.25) is 0 Å². The number of hydrogen-bond acceptors (Lipinski definition) is 4. The highest BCUT2D eigenvalue weighted by Crippen LogP contribution is 2.27. The van der Waals surface area contributed by atoms with Crippen molar-refractivity contribution in [1.82, 2.24) is 0 Å². The van der Waals surface area contributed by atoms with E-state index in [4.69, 9.17) is 15.2 Å². The lowest BCUT2D eigenvalue weighted by Crippen LogP contribution is -2.39. The van der Waals surface area contributed by atoms with Gasteiger partial charge in [0.15, 0.2) is 5.82 Å². The maximum absolute atomic E-state index is 13.3. The zero-order chi connectivity index (χ0) is 13.2. The summed E-state index contributed by atoms with van der Waals surface area (Å²) in [5.74, 6) is -1.44. The van der Waals surface area contributed by atoms with Crippen LogP contribution in [0, 0.1) is 11.6 Å². The van der Waals surface area contributed by atoms with Crippen molar-refractivity contribution in [1.29, 1.82) is 0 Å². The SMILES string of the molecule is COC1(CNc2cc(F)cc(F)c2N)CCOC1. The van der Waals surface area contributed by atoms with Crippen LogP contribution in [0.15, 0.2) is 12.1 Å². The van der Waals surface area contributed by atoms with E-state index >= 15 is 0 Å². The molecule has 18 heavy (non-hydrogen) atoms. The highest BCUT2D eigenvalue weighted by molar-refractivity contribution is 5.66. The van der Waals surface area contributed by atoms with Crippen molar-refractivity contribution in [3.05, 3.63) is 23.8 Å². The average Bonchev–Trinajstić information content (AvgIpc) is 2.81. The van der Waals surface area contributed by atoms with Crippen molar-refractivity contribution in [2.45, 2.75) is 12.0 Å². The molecule has 4 nitrogen and oxygen atoms in total. The van der Waals surface area contributed by atoms with Crippen LogP contribution in [0.25, 0.3) is 0 Å². The standard InChI is InChI=1S/C12H16F2N2O2/c1-17-12(2-3-18-7-12)6-16-10-5-8(13)4-9(14)11(10)15/h4-5,16H,2-3,6-7,15H2,1H3. The highest BCUT2D eigenvalue weighted by Gasteiger charge is 2.34. The Bertz CT molecular complexity index is 434. The van der Waals surface area contributed by atoms with Crippen molar-refractivity contribution in [2.24, 2.45) is 0 Å². The van der Waals surface area contributed by atoms with Gasteiger partial charge in [-0.05, 0) is 6.07 Å². The van der Waals surface area contributed by atoms with E-state index in [1.165, 1.54) is 0 Å². The van der Waals surface area contributed by atoms with Crippen LogP contribution in [-0.2, 0) is 9.47 Å². The molecule has 3 N–H and O–H groups in total. The van der Waals surface area contributed by atoms with Crippen molar-refractivity contribution in [3.63, 3.8) is 0 Å². The molecule has 0 amide bonds. The number of benzene rings is 1. The van der Waals surface area contributed by atoms with Gasteiger partial charge >= 0.3 is 0 Å². The Morgan fingerprint density at radius 1 is 1.50 bits per heavy atom. The molecule has 6 heteroatoms. The third kappa shape index (κ3) is 2.54. The first-order chi connectivity index (χ1) is 8.56. The van der Waals surface area contributed by atoms with Crippen LogP contribution in [0.1, 0.15) is 6.42 Å². The van der Waals surface area contributed by atoms with Gasteiger partial charge in [0.1, 0.15) is 11.4 Å². The minimum Gasteiger partial charge on any atom is -0.395 e. The molecule has 1 saturated heterocycles. The maximum Gasteiger partial charge on any atom is 0.151 e. The smallest absolute Gasteiger partial charge is 0.151 e. The van der Waals surface area contributed by atoms with Gasteiger partial charge in [-0.1, -0.05) is 0 Å². The van der Waals surface area contributed by atoms with Crippen LogP contribution in [0.4, 0.5) is 20.2 Å². The molecule has 0 saturated carbocycles. The first kappa shape index (κ1) is 13.0. The van der Waals surface area contributed by atoms with Crippen LogP contribution in [-0.4, -0.2) is 32.5 Å². The van der Waals surface area contributed by atoms with E-state index in [1.807, 2.05) is 0 Å². The Kier molecular flexibility index (Phi) is 3.68. The molecule has 0 bridgehead atoms. The Labute approximate surface area is 104 Å². The Balaban J connectivity index is 2.10. The number of halogens is 2. The molecule has 1 fully saturated rings. The fourth-order valence-electron chi connectivity index (χ4n) is 1.95. The Morgan fingerprint density at radius 3 is 2.89 bits per heavy atom. The largest absolute Gasteiger partial charge is 0.395 e. The van der Waals surface area contributed by atoms with Gasteiger partial charge in [-0.25, -0.2) is 8.78 Å². The quantitative estimate of drug-likeness (QED) is 0.808. The number of nitrogen functional groups attached to an aromatic ring is 1. The lowest BCUT2D eigenvalue weighted by atomic mass is 10.0. The summed E-state index contributed by atoms with van der Waals surface area (Å²) in [5, 5.41) is 2.92. The van der Waals surface area contributed by atoms with E-state index in [0.29, 0.717) is 19.8 Å². The Hall–Kier alpha value is -1.40. The fraction of sp³-hybridized carbons (Fsp3) is 0.500. The van der Waals surface area contributed by atoms with Crippen LogP contribution in [0.3, 0.4) is 0 Å². The lowest BCUT2D eigenvalue weighted by molar-refractivity contribution is -0.00619. The number of hydrogen-bond donors (Lipinski definition) is 2. The van der Waals surface area contributed by atoms with E-state index in [-0.39, 0.29) is 11.4 Å². The van der Waals surface area contributed by atoms with Gasteiger partial charge < -0.3 is 20.5 Å². The second-order valence-electron chi connectivity index (χ2n) is 4.39. The molecule has 0 aromatic heterocycles. The van der Waals surface area contributed by atoms with Crippen molar-refractivity contribution < 1.29 is 18.3 Å². The van der Waals surface area contributed by atoms with Gasteiger partial charge in [0, 0.05) is 32.7 Å². The molecule has 1 aromatic carbocycles. The maximum atomic E-state index is 13.3. The van der Waals surface area contributed by atoms with Crippen molar-refractivity contribution in [3.8, 4) is 0 Å². The normalized spacial score (nSPS) is 23.3. The molecule has 1 atom stereocenters. The number of rotatable bonds is 4. The lowest BCUT2D eigenvalue weighted by Gasteiger charge is -2.26. The number of anilines is 2. The van der Waals surface area contributed by atoms with Gasteiger partial charge in [-0.2, -0.15) is 0 Å². The zero-order valence-electron chi connectivity index (χ0n) is 10.1. The van der Waals surface area contributed by atoms with Crippen molar-refractivity contribution in [2.75, 3.05) is 37.9 Å². The highest BCUT2D eigenvalue weighted by atomic mass is 19.1. The summed E-state index contributed by atoms with van der Waals surface area (Å²) in [6.07, 6.45) is 0.730. The average molecular weight is 258 g/mol. The molecule has 0 aliphatic carbocycles. The third-order valence-corrected chi connectivity index (χ3v) is 3.20. The third-order valence-electron chi connectivity index (χ3n) is 3.20. The summed E-state index contributed by atoms with van der Waals surface area (Å²) in [6.45, 7) is 1.45. The molecule has 1 aromatic rings. The summed E-state index contributed by atoms with van der Waals surface area (Å²) >= 11 is 0. The molecule has 0 spiro atoms. The molecule has 100 valence electrons. The second-order valence-corrected chi connectivity index (χ2v) is 4.39. The predicted octanol–water partition coefficient (Wildman–Crippen LogP) is 1.76. The van der Waals surface area contributed by atoms with Gasteiger partial charge in [0.05, 0.1) is 18.0 Å². The van der Waals surface area contributed by atoms with Crippen molar-refractivity contribution >= 4 is 11.4 Å². The summed E-state index contributed by atoms with van der Waals surface area (Å²) < 4.78 is 37.0. The molecule has 1 aliphatic rings. The topological polar surface area (TPSA) is 56.5 Å². The van der Waals surface area contributed by atoms with Crippen LogP contribution in [0.5, 0.6) is 0 Å². The first-order valence-electron chi connectivity index (χ1n) is 5.68. The number of ether oxygens (including phenoxy) is 2. The van der Waals surface area contributed by atoms with Crippen LogP contribution >= 0.6 is 0 Å². The van der Waals surface area contributed by atoms with Gasteiger partial charge in [0.2, 0.25) is 0 Å². The summed E-state index contributed by atoms with van der Waals surface area (Å²) in [6, 6.07) is 1.92. The van der Waals surface area contributed by atoms with Gasteiger partial charge in [-0.15, -0.1) is 0 Å². The Morgan fingerprint density at radius 2 is 2.28 bits per heavy atom. The fourth-order valence-corrected chi connectivity index (χ4v) is 1.95. The summed E-state index contributed by atoms with van der Waals surface area (Å²) in [7, 11) is 1.59. The van der Waals surface area contributed by atoms with E-state index in [0.717, 1.165) is 18.6 Å². The first-order valence-corrected chi connectivity index (χ1v) is 5.68. The summed E-state index contributed by atoms with van der Waals surface area (Å²) in [4.78, 5) is 0. The second kappa shape index (κ2) is 5.07. The minimum atomic E-state index is -0.772. The molecular weight excluding hydrogens is 242 g/mol. The van der Waals surface area contributed by atoms with Gasteiger partial charge in [0.25, 0.3) is 0 Å². The number of nitrogens with two attached hydrogens (primary N) is 1. The van der Waals surface area contributed by atoms with Crippen LogP contribution < -0.4 is 11.1 Å². The molecule has 0 radical (unpaired) electrons. The van der Waals surface area contributed by atoms with E-state index in [2.05, 4.69) is 5.32 Å². The number of methoxy groups -OCH3 is 1. The summed E-state index contributed by atoms with van der Waals surface area (Å²) in [5.41, 5.74) is 5.22. The van der Waals surface area contributed by atoms with E-state index < -0.39 is 17.2 Å². The minimum absolute atomic E-state index is 0.0958. The monoisotopic (exact) mass is 258 g/mol. The molecule has 1 aliphatic heterocycles. The van der Waals surface area contributed by atoms with E-state index in [1.54, 1.807) is 7.11 Å². The molecule has 1 unspecified atom stereocenters. The molecule has 2 rings (SSSR count). The zero-order valence-corrected chi connectivity index (χ0v) is 10.1. The van der Waals surface area contributed by atoms with E-state index in [9.17, 15) is 8.78 Å². The van der Waals surface area contributed by atoms with Gasteiger partial charge in [-0.3, -0.25) is 0 Å². The number of nitrogens with one attached hydrogen (secondary N) is 1. The predicted molar refractivity (Wildman–Crippen MR) is 64.4 cm³/mol. The molecule has 1 heterocycles. The molecular formula is C12H16F2N2O2.